The van der Waals surface area contributed by atoms with Crippen molar-refractivity contribution >= 4 is 18.0 Å². The summed E-state index contributed by atoms with van der Waals surface area (Å²) in [5, 5.41) is 20.7. The maximum atomic E-state index is 12.2. The Kier molecular flexibility index (Phi) is 6.38. The summed E-state index contributed by atoms with van der Waals surface area (Å²) >= 11 is 0. The first-order valence-electron chi connectivity index (χ1n) is 7.96. The largest absolute Gasteiger partial charge is 0.482 e. The number of nitrogens with one attached hydrogen (secondary N) is 1. The molecule has 1 amide bonds. The highest BCUT2D eigenvalue weighted by Crippen LogP contribution is 2.18. The normalized spacial score (nSPS) is 15.4. The molecule has 1 aliphatic carbocycles. The number of carbonyl (C=O) groups excluding carboxylic acids is 1. The van der Waals surface area contributed by atoms with Gasteiger partial charge in [0.25, 0.3) is 5.91 Å². The lowest BCUT2D eigenvalue weighted by atomic mass is 9.95. The zero-order chi connectivity index (χ0) is 17.4. The van der Waals surface area contributed by atoms with Crippen LogP contribution in [0.1, 0.15) is 37.7 Å². The van der Waals surface area contributed by atoms with E-state index in [4.69, 9.17) is 9.84 Å². The van der Waals surface area contributed by atoms with Gasteiger partial charge in [-0.2, -0.15) is 5.26 Å². The molecule has 126 valence electrons. The van der Waals surface area contributed by atoms with Crippen molar-refractivity contribution in [3.05, 3.63) is 35.4 Å². The van der Waals surface area contributed by atoms with Gasteiger partial charge < -0.3 is 15.2 Å². The first-order chi connectivity index (χ1) is 11.6. The molecule has 2 rings (SSSR count). The Hall–Kier alpha value is -2.81. The number of hydrogen-bond donors (Lipinski definition) is 2. The maximum Gasteiger partial charge on any atom is 0.341 e. The van der Waals surface area contributed by atoms with E-state index >= 15 is 0 Å². The molecule has 24 heavy (non-hydrogen) atoms. The maximum absolute atomic E-state index is 12.2. The van der Waals surface area contributed by atoms with Crippen molar-refractivity contribution in [1.82, 2.24) is 5.32 Å². The zero-order valence-electron chi connectivity index (χ0n) is 13.3. The van der Waals surface area contributed by atoms with E-state index < -0.39 is 12.6 Å². The Morgan fingerprint density at radius 2 is 1.92 bits per heavy atom. The fourth-order valence-electron chi connectivity index (χ4n) is 2.63. The van der Waals surface area contributed by atoms with E-state index in [0.717, 1.165) is 25.7 Å². The Morgan fingerprint density at radius 1 is 1.25 bits per heavy atom. The van der Waals surface area contributed by atoms with Gasteiger partial charge in [-0.05, 0) is 36.6 Å². The molecule has 1 fully saturated rings. The number of carbonyl (C=O) groups is 2. The summed E-state index contributed by atoms with van der Waals surface area (Å²) in [5.74, 6) is -0.986. The highest BCUT2D eigenvalue weighted by molar-refractivity contribution is 6.01. The van der Waals surface area contributed by atoms with Crippen LogP contribution in [0.2, 0.25) is 0 Å². The average Bonchev–Trinajstić information content (AvgIpc) is 2.59. The van der Waals surface area contributed by atoms with E-state index in [-0.39, 0.29) is 17.5 Å². The van der Waals surface area contributed by atoms with Crippen LogP contribution in [0.5, 0.6) is 5.75 Å². The van der Waals surface area contributed by atoms with E-state index in [1.807, 2.05) is 6.07 Å². The van der Waals surface area contributed by atoms with Crippen molar-refractivity contribution < 1.29 is 19.4 Å². The number of ether oxygens (including phenoxy) is 1. The smallest absolute Gasteiger partial charge is 0.341 e. The fourth-order valence-corrected chi connectivity index (χ4v) is 2.63. The Labute approximate surface area is 140 Å². The molecule has 0 bridgehead atoms. The minimum absolute atomic E-state index is 0.0553. The number of nitriles is 1. The van der Waals surface area contributed by atoms with Crippen molar-refractivity contribution in [2.24, 2.45) is 0 Å². The predicted molar refractivity (Wildman–Crippen MR) is 88.2 cm³/mol. The summed E-state index contributed by atoms with van der Waals surface area (Å²) in [4.78, 5) is 22.6. The molecule has 6 nitrogen and oxygen atoms in total. The van der Waals surface area contributed by atoms with Crippen LogP contribution in [0.4, 0.5) is 0 Å². The van der Waals surface area contributed by atoms with Gasteiger partial charge in [-0.1, -0.05) is 31.4 Å². The topological polar surface area (TPSA) is 99.4 Å². The van der Waals surface area contributed by atoms with Crippen molar-refractivity contribution in [2.45, 2.75) is 38.1 Å². The molecule has 2 N–H and O–H groups in total. The molecule has 1 aliphatic rings. The molecule has 0 heterocycles. The summed E-state index contributed by atoms with van der Waals surface area (Å²) < 4.78 is 5.04. The minimum Gasteiger partial charge on any atom is -0.482 e. The van der Waals surface area contributed by atoms with Gasteiger partial charge in [0.2, 0.25) is 0 Å². The van der Waals surface area contributed by atoms with E-state index in [9.17, 15) is 14.9 Å². The molecule has 6 heteroatoms. The van der Waals surface area contributed by atoms with Gasteiger partial charge in [-0.15, -0.1) is 0 Å². The number of aliphatic carboxylic acids is 1. The number of carboxylic acid groups (broad SMARTS) is 1. The van der Waals surface area contributed by atoms with Crippen LogP contribution < -0.4 is 10.1 Å². The molecule has 0 unspecified atom stereocenters. The lowest BCUT2D eigenvalue weighted by Crippen LogP contribution is -2.36. The second-order valence-electron chi connectivity index (χ2n) is 5.73. The monoisotopic (exact) mass is 328 g/mol. The molecule has 1 aromatic carbocycles. The van der Waals surface area contributed by atoms with E-state index in [1.54, 1.807) is 24.3 Å². The standard InChI is InChI=1S/C18H20N2O4/c19-11-14(18(23)20-15-4-2-1-3-5-15)10-13-6-8-16(9-7-13)24-12-17(21)22/h6-10,15H,1-5,12H2,(H,20,23)(H,21,22). The Bertz CT molecular complexity index is 653. The summed E-state index contributed by atoms with van der Waals surface area (Å²) in [6.45, 7) is -0.414. The second kappa shape index (κ2) is 8.73. The molecule has 1 aromatic rings. The highest BCUT2D eigenvalue weighted by atomic mass is 16.5. The van der Waals surface area contributed by atoms with Crippen molar-refractivity contribution in [3.63, 3.8) is 0 Å². The van der Waals surface area contributed by atoms with E-state index in [1.165, 1.54) is 12.5 Å². The van der Waals surface area contributed by atoms with Gasteiger partial charge in [-0.3, -0.25) is 4.79 Å². The molecule has 1 saturated carbocycles. The Balaban J connectivity index is 1.99. The molecular weight excluding hydrogens is 308 g/mol. The van der Waals surface area contributed by atoms with Gasteiger partial charge in [0.05, 0.1) is 0 Å². The predicted octanol–water partition coefficient (Wildman–Crippen LogP) is 2.51. The molecule has 0 spiro atoms. The fraction of sp³-hybridized carbons (Fsp3) is 0.389. The third-order valence-electron chi connectivity index (χ3n) is 3.86. The van der Waals surface area contributed by atoms with Crippen LogP contribution in [0.15, 0.2) is 29.8 Å². The van der Waals surface area contributed by atoms with Crippen LogP contribution in [0.3, 0.4) is 0 Å². The van der Waals surface area contributed by atoms with Gasteiger partial charge in [0.1, 0.15) is 17.4 Å². The number of carboxylic acids is 1. The third-order valence-corrected chi connectivity index (χ3v) is 3.86. The summed E-state index contributed by atoms with van der Waals surface area (Å²) in [6, 6.07) is 8.62. The van der Waals surface area contributed by atoms with Crippen LogP contribution in [-0.2, 0) is 9.59 Å². The SMILES string of the molecule is N#CC(=Cc1ccc(OCC(=O)O)cc1)C(=O)NC1CCCCC1. The van der Waals surface area contributed by atoms with Gasteiger partial charge in [0.15, 0.2) is 6.61 Å². The van der Waals surface area contributed by atoms with Crippen LogP contribution in [0.25, 0.3) is 6.08 Å². The number of hydrogen-bond acceptors (Lipinski definition) is 4. The summed E-state index contributed by atoms with van der Waals surface area (Å²) in [7, 11) is 0. The van der Waals surface area contributed by atoms with Crippen molar-refractivity contribution in [1.29, 1.82) is 5.26 Å². The zero-order valence-corrected chi connectivity index (χ0v) is 13.3. The summed E-state index contributed by atoms with van der Waals surface area (Å²) in [6.07, 6.45) is 6.84. The first-order valence-corrected chi connectivity index (χ1v) is 7.96. The lowest BCUT2D eigenvalue weighted by Gasteiger charge is -2.22. The average molecular weight is 328 g/mol. The van der Waals surface area contributed by atoms with Gasteiger partial charge in [-0.25, -0.2) is 4.79 Å². The number of amides is 1. The third kappa shape index (κ3) is 5.43. The molecule has 0 saturated heterocycles. The molecule has 0 radical (unpaired) electrons. The molecular formula is C18H20N2O4. The van der Waals surface area contributed by atoms with Crippen molar-refractivity contribution in [3.8, 4) is 11.8 Å². The number of rotatable bonds is 6. The van der Waals surface area contributed by atoms with Gasteiger partial charge >= 0.3 is 5.97 Å². The number of benzene rings is 1. The van der Waals surface area contributed by atoms with Crippen LogP contribution in [0, 0.1) is 11.3 Å². The van der Waals surface area contributed by atoms with E-state index in [0.29, 0.717) is 11.3 Å². The molecule has 0 aliphatic heterocycles. The van der Waals surface area contributed by atoms with Crippen LogP contribution >= 0.6 is 0 Å². The quantitative estimate of drug-likeness (QED) is 0.617. The summed E-state index contributed by atoms with van der Waals surface area (Å²) in [5.41, 5.74) is 0.729. The number of nitrogens with zero attached hydrogens (tertiary/aromatic N) is 1. The van der Waals surface area contributed by atoms with E-state index in [2.05, 4.69) is 5.32 Å². The Morgan fingerprint density at radius 3 is 2.50 bits per heavy atom. The van der Waals surface area contributed by atoms with Crippen molar-refractivity contribution in [2.75, 3.05) is 6.61 Å². The van der Waals surface area contributed by atoms with Gasteiger partial charge in [0, 0.05) is 6.04 Å². The molecule has 0 aromatic heterocycles. The van der Waals surface area contributed by atoms with Crippen LogP contribution in [-0.4, -0.2) is 29.6 Å². The second-order valence-corrected chi connectivity index (χ2v) is 5.73. The minimum atomic E-state index is -1.05. The highest BCUT2D eigenvalue weighted by Gasteiger charge is 2.18. The molecule has 0 atom stereocenters. The lowest BCUT2D eigenvalue weighted by molar-refractivity contribution is -0.139. The first kappa shape index (κ1) is 17.5.